The molecule has 0 aromatic heterocycles. The predicted octanol–water partition coefficient (Wildman–Crippen LogP) is 4.55. The third-order valence-electron chi connectivity index (χ3n) is 2.52. The second-order valence-corrected chi connectivity index (χ2v) is 5.11. The largest absolute Gasteiger partial charge is 0.282 e. The smallest absolute Gasteiger partial charge is 0.219 e. The number of hydrogen-bond acceptors (Lipinski definition) is 2. The molecule has 0 aliphatic rings. The minimum absolute atomic E-state index is 0.0162. The van der Waals surface area contributed by atoms with Crippen LogP contribution in [0.3, 0.4) is 0 Å². The number of benzene rings is 2. The first-order valence-corrected chi connectivity index (χ1v) is 6.51. The Balaban J connectivity index is 2.16. The minimum atomic E-state index is 0.0162. The van der Waals surface area contributed by atoms with Crippen LogP contribution in [0.15, 0.2) is 71.6 Å². The van der Waals surface area contributed by atoms with Crippen molar-refractivity contribution < 1.29 is 4.79 Å². The summed E-state index contributed by atoms with van der Waals surface area (Å²) in [5, 5.41) is 0.0162. The van der Waals surface area contributed by atoms with Gasteiger partial charge in [-0.15, -0.1) is 0 Å². The van der Waals surface area contributed by atoms with Gasteiger partial charge in [0.2, 0.25) is 5.12 Å². The van der Waals surface area contributed by atoms with Gasteiger partial charge >= 0.3 is 0 Å². The van der Waals surface area contributed by atoms with Gasteiger partial charge in [0, 0.05) is 4.90 Å². The fourth-order valence-corrected chi connectivity index (χ4v) is 2.20. The van der Waals surface area contributed by atoms with Gasteiger partial charge < -0.3 is 0 Å². The minimum Gasteiger partial charge on any atom is -0.282 e. The molecule has 0 aliphatic heterocycles. The van der Waals surface area contributed by atoms with E-state index in [4.69, 9.17) is 0 Å². The van der Waals surface area contributed by atoms with Crippen molar-refractivity contribution in [1.82, 2.24) is 0 Å². The Kier molecular flexibility index (Phi) is 4.00. The maximum atomic E-state index is 11.5. The summed E-state index contributed by atoms with van der Waals surface area (Å²) in [5.74, 6) is 0. The molecule has 0 radical (unpaired) electrons. The van der Waals surface area contributed by atoms with Crippen LogP contribution < -0.4 is 0 Å². The molecule has 0 spiro atoms. The number of thioether (sulfide) groups is 1. The molecule has 0 saturated heterocycles. The van der Waals surface area contributed by atoms with Crippen molar-refractivity contribution in [3.63, 3.8) is 0 Å². The molecule has 0 heterocycles. The van der Waals surface area contributed by atoms with Crippen LogP contribution in [-0.2, 0) is 4.79 Å². The molecule has 0 bridgehead atoms. The van der Waals surface area contributed by atoms with Crippen molar-refractivity contribution in [2.45, 2.75) is 11.8 Å². The van der Waals surface area contributed by atoms with Gasteiger partial charge in [0.1, 0.15) is 0 Å². The molecule has 2 aromatic rings. The topological polar surface area (TPSA) is 17.1 Å². The van der Waals surface area contributed by atoms with E-state index in [1.54, 1.807) is 6.92 Å². The molecule has 0 N–H and O–H groups in total. The molecule has 0 saturated carbocycles. The van der Waals surface area contributed by atoms with Crippen LogP contribution in [0.2, 0.25) is 0 Å². The summed E-state index contributed by atoms with van der Waals surface area (Å²) >= 11 is 1.22. The van der Waals surface area contributed by atoms with Gasteiger partial charge in [0.15, 0.2) is 0 Å². The van der Waals surface area contributed by atoms with Gasteiger partial charge in [0.25, 0.3) is 0 Å². The maximum absolute atomic E-state index is 11.5. The summed E-state index contributed by atoms with van der Waals surface area (Å²) in [5.41, 5.74) is 2.91. The lowest BCUT2D eigenvalue weighted by Crippen LogP contribution is -1.90. The van der Waals surface area contributed by atoms with Crippen LogP contribution in [0.4, 0.5) is 0 Å². The SMILES string of the molecule is C=C(C)C(=O)Sc1ccc(-c2ccccc2)cc1. The molecule has 0 atom stereocenters. The van der Waals surface area contributed by atoms with Crippen molar-refractivity contribution in [3.05, 3.63) is 66.7 Å². The van der Waals surface area contributed by atoms with Crippen molar-refractivity contribution in [2.75, 3.05) is 0 Å². The standard InChI is InChI=1S/C16H14OS/c1-12(2)16(17)18-15-10-8-14(9-11-15)13-6-4-3-5-7-13/h3-11H,1H2,2H3. The highest BCUT2D eigenvalue weighted by Crippen LogP contribution is 2.25. The van der Waals surface area contributed by atoms with Crippen LogP contribution in [0.1, 0.15) is 6.92 Å². The van der Waals surface area contributed by atoms with E-state index < -0.39 is 0 Å². The third-order valence-corrected chi connectivity index (χ3v) is 3.56. The van der Waals surface area contributed by atoms with Crippen LogP contribution in [0.25, 0.3) is 11.1 Å². The highest BCUT2D eigenvalue weighted by molar-refractivity contribution is 8.14. The van der Waals surface area contributed by atoms with Gasteiger partial charge in [-0.3, -0.25) is 4.79 Å². The van der Waals surface area contributed by atoms with Crippen molar-refractivity contribution in [3.8, 4) is 11.1 Å². The van der Waals surface area contributed by atoms with E-state index >= 15 is 0 Å². The summed E-state index contributed by atoms with van der Waals surface area (Å²) in [4.78, 5) is 12.5. The number of carbonyl (C=O) groups is 1. The molecule has 2 heteroatoms. The molecule has 0 aliphatic carbocycles. The average molecular weight is 254 g/mol. The first-order valence-electron chi connectivity index (χ1n) is 5.70. The number of hydrogen-bond donors (Lipinski definition) is 0. The molecule has 1 nitrogen and oxygen atoms in total. The molecule has 2 rings (SSSR count). The summed E-state index contributed by atoms with van der Waals surface area (Å²) in [7, 11) is 0. The first kappa shape index (κ1) is 12.7. The van der Waals surface area contributed by atoms with Gasteiger partial charge in [-0.2, -0.15) is 0 Å². The van der Waals surface area contributed by atoms with E-state index in [-0.39, 0.29) is 5.12 Å². The molecule has 0 amide bonds. The second kappa shape index (κ2) is 5.69. The first-order chi connectivity index (χ1) is 8.66. The van der Waals surface area contributed by atoms with E-state index in [0.717, 1.165) is 10.5 Å². The molecule has 0 unspecified atom stereocenters. The molecular formula is C16H14OS. The normalized spacial score (nSPS) is 10.1. The van der Waals surface area contributed by atoms with E-state index in [9.17, 15) is 4.79 Å². The van der Waals surface area contributed by atoms with Crippen LogP contribution in [0, 0.1) is 0 Å². The predicted molar refractivity (Wildman–Crippen MR) is 77.6 cm³/mol. The van der Waals surface area contributed by atoms with E-state index in [1.807, 2.05) is 42.5 Å². The van der Waals surface area contributed by atoms with Gasteiger partial charge in [0.05, 0.1) is 0 Å². The van der Waals surface area contributed by atoms with Crippen LogP contribution >= 0.6 is 11.8 Å². The third kappa shape index (κ3) is 3.11. The lowest BCUT2D eigenvalue weighted by molar-refractivity contribution is -0.107. The van der Waals surface area contributed by atoms with Crippen molar-refractivity contribution >= 4 is 16.9 Å². The number of carbonyl (C=O) groups excluding carboxylic acids is 1. The fraction of sp³-hybridized carbons (Fsp3) is 0.0625. The Hall–Kier alpha value is -1.80. The number of rotatable bonds is 3. The zero-order chi connectivity index (χ0) is 13.0. The Morgan fingerprint density at radius 2 is 1.50 bits per heavy atom. The van der Waals surface area contributed by atoms with Crippen molar-refractivity contribution in [2.24, 2.45) is 0 Å². The van der Waals surface area contributed by atoms with Gasteiger partial charge in [-0.1, -0.05) is 49.0 Å². The van der Waals surface area contributed by atoms with Gasteiger partial charge in [-0.05, 0) is 47.5 Å². The van der Waals surface area contributed by atoms with Crippen molar-refractivity contribution in [1.29, 1.82) is 0 Å². The van der Waals surface area contributed by atoms with Crippen LogP contribution in [0.5, 0.6) is 0 Å². The Morgan fingerprint density at radius 1 is 0.944 bits per heavy atom. The lowest BCUT2D eigenvalue weighted by atomic mass is 10.1. The fourth-order valence-electron chi connectivity index (χ4n) is 1.54. The quantitative estimate of drug-likeness (QED) is 0.590. The summed E-state index contributed by atoms with van der Waals surface area (Å²) in [6.45, 7) is 5.38. The summed E-state index contributed by atoms with van der Waals surface area (Å²) < 4.78 is 0. The average Bonchev–Trinajstić information content (AvgIpc) is 2.40. The zero-order valence-electron chi connectivity index (χ0n) is 10.2. The maximum Gasteiger partial charge on any atom is 0.219 e. The highest BCUT2D eigenvalue weighted by atomic mass is 32.2. The molecule has 90 valence electrons. The zero-order valence-corrected chi connectivity index (χ0v) is 11.0. The van der Waals surface area contributed by atoms with Gasteiger partial charge in [-0.25, -0.2) is 0 Å². The monoisotopic (exact) mass is 254 g/mol. The summed E-state index contributed by atoms with van der Waals surface area (Å²) in [6, 6.07) is 18.2. The van der Waals surface area contributed by atoms with E-state index in [2.05, 4.69) is 18.7 Å². The molecule has 0 fully saturated rings. The second-order valence-electron chi connectivity index (χ2n) is 4.06. The summed E-state index contributed by atoms with van der Waals surface area (Å²) in [6.07, 6.45) is 0. The molecule has 2 aromatic carbocycles. The Bertz CT molecular complexity index is 555. The Labute approximate surface area is 112 Å². The lowest BCUT2D eigenvalue weighted by Gasteiger charge is -2.03. The van der Waals surface area contributed by atoms with E-state index in [0.29, 0.717) is 5.57 Å². The van der Waals surface area contributed by atoms with Crippen LogP contribution in [-0.4, -0.2) is 5.12 Å². The van der Waals surface area contributed by atoms with E-state index in [1.165, 1.54) is 17.3 Å². The molecular weight excluding hydrogens is 240 g/mol. The molecule has 18 heavy (non-hydrogen) atoms. The highest BCUT2D eigenvalue weighted by Gasteiger charge is 2.05. The Morgan fingerprint density at radius 3 is 2.06 bits per heavy atom.